The Bertz CT molecular complexity index is 203. The van der Waals surface area contributed by atoms with E-state index in [0.29, 0.717) is 12.0 Å². The monoisotopic (exact) mass is 214 g/mol. The van der Waals surface area contributed by atoms with Gasteiger partial charge in [-0.1, -0.05) is 6.92 Å². The van der Waals surface area contributed by atoms with E-state index in [-0.39, 0.29) is 5.91 Å². The average Bonchev–Trinajstić information content (AvgIpc) is 3.01. The molecule has 0 aliphatic heterocycles. The van der Waals surface area contributed by atoms with E-state index in [1.165, 1.54) is 12.8 Å². The Morgan fingerprint density at radius 3 is 2.73 bits per heavy atom. The highest BCUT2D eigenvalue weighted by molar-refractivity contribution is 5.78. The van der Waals surface area contributed by atoms with Crippen LogP contribution in [0.15, 0.2) is 0 Å². The lowest BCUT2D eigenvalue weighted by Gasteiger charge is -2.15. The molecule has 0 spiro atoms. The summed E-state index contributed by atoms with van der Waals surface area (Å²) in [6.07, 6.45) is 3.50. The van der Waals surface area contributed by atoms with Crippen molar-refractivity contribution < 1.29 is 9.53 Å². The first-order valence-electron chi connectivity index (χ1n) is 5.69. The first-order chi connectivity index (χ1) is 7.22. The van der Waals surface area contributed by atoms with Crippen molar-refractivity contribution in [2.45, 2.75) is 26.2 Å². The number of rotatable bonds is 8. The van der Waals surface area contributed by atoms with Crippen LogP contribution in [0.25, 0.3) is 0 Å². The van der Waals surface area contributed by atoms with Crippen LogP contribution in [0.4, 0.5) is 0 Å². The molecule has 4 nitrogen and oxygen atoms in total. The zero-order valence-electron chi connectivity index (χ0n) is 9.77. The Balaban J connectivity index is 2.10. The Morgan fingerprint density at radius 1 is 1.47 bits per heavy atom. The van der Waals surface area contributed by atoms with E-state index in [2.05, 4.69) is 10.6 Å². The second kappa shape index (κ2) is 6.08. The van der Waals surface area contributed by atoms with Gasteiger partial charge in [-0.25, -0.2) is 0 Å². The standard InChI is InChI=1S/C11H22N2O2/c1-3-12-8-10(14)13-9-11(4-5-11)6-7-15-2/h12H,3-9H2,1-2H3,(H,13,14). The molecule has 1 aliphatic carbocycles. The third-order valence-electron chi connectivity index (χ3n) is 2.99. The zero-order chi connectivity index (χ0) is 11.1. The number of hydrogen-bond donors (Lipinski definition) is 2. The molecule has 0 unspecified atom stereocenters. The van der Waals surface area contributed by atoms with Gasteiger partial charge in [0.1, 0.15) is 0 Å². The number of hydrogen-bond acceptors (Lipinski definition) is 3. The van der Waals surface area contributed by atoms with Crippen LogP contribution in [0.1, 0.15) is 26.2 Å². The van der Waals surface area contributed by atoms with Crippen molar-refractivity contribution in [3.63, 3.8) is 0 Å². The fraction of sp³-hybridized carbons (Fsp3) is 0.909. The summed E-state index contributed by atoms with van der Waals surface area (Å²) in [5, 5.41) is 5.98. The van der Waals surface area contributed by atoms with Crippen LogP contribution in [0.3, 0.4) is 0 Å². The summed E-state index contributed by atoms with van der Waals surface area (Å²) in [6, 6.07) is 0. The molecular formula is C11H22N2O2. The van der Waals surface area contributed by atoms with E-state index < -0.39 is 0 Å². The van der Waals surface area contributed by atoms with Crippen molar-refractivity contribution in [1.82, 2.24) is 10.6 Å². The van der Waals surface area contributed by atoms with Gasteiger partial charge in [0.25, 0.3) is 0 Å². The van der Waals surface area contributed by atoms with Crippen molar-refractivity contribution in [3.05, 3.63) is 0 Å². The lowest BCUT2D eigenvalue weighted by Crippen LogP contribution is -2.37. The maximum atomic E-state index is 11.3. The molecule has 0 radical (unpaired) electrons. The fourth-order valence-electron chi connectivity index (χ4n) is 1.60. The van der Waals surface area contributed by atoms with E-state index in [9.17, 15) is 4.79 Å². The smallest absolute Gasteiger partial charge is 0.233 e. The quantitative estimate of drug-likeness (QED) is 0.619. The number of nitrogens with one attached hydrogen (secondary N) is 2. The topological polar surface area (TPSA) is 50.4 Å². The highest BCUT2D eigenvalue weighted by Crippen LogP contribution is 2.48. The predicted molar refractivity (Wildman–Crippen MR) is 59.7 cm³/mol. The first kappa shape index (κ1) is 12.5. The van der Waals surface area contributed by atoms with E-state index in [1.54, 1.807) is 7.11 Å². The van der Waals surface area contributed by atoms with Gasteiger partial charge in [-0.05, 0) is 31.2 Å². The third-order valence-corrected chi connectivity index (χ3v) is 2.99. The zero-order valence-corrected chi connectivity index (χ0v) is 9.77. The van der Waals surface area contributed by atoms with Crippen molar-refractivity contribution in [2.75, 3.05) is 33.4 Å². The molecule has 0 aromatic heterocycles. The van der Waals surface area contributed by atoms with Gasteiger partial charge in [0, 0.05) is 20.3 Å². The summed E-state index contributed by atoms with van der Waals surface area (Å²) in [5.41, 5.74) is 0.345. The van der Waals surface area contributed by atoms with Gasteiger partial charge in [-0.2, -0.15) is 0 Å². The minimum Gasteiger partial charge on any atom is -0.385 e. The van der Waals surface area contributed by atoms with Gasteiger partial charge in [0.2, 0.25) is 5.91 Å². The van der Waals surface area contributed by atoms with Crippen LogP contribution in [-0.4, -0.2) is 39.3 Å². The molecule has 0 atom stereocenters. The van der Waals surface area contributed by atoms with Crippen LogP contribution in [-0.2, 0) is 9.53 Å². The Kier molecular flexibility index (Phi) is 5.05. The SMILES string of the molecule is CCNCC(=O)NCC1(CCOC)CC1. The van der Waals surface area contributed by atoms with Crippen molar-refractivity contribution >= 4 is 5.91 Å². The summed E-state index contributed by atoms with van der Waals surface area (Å²) in [7, 11) is 1.72. The number of carbonyl (C=O) groups excluding carboxylic acids is 1. The largest absolute Gasteiger partial charge is 0.385 e. The normalized spacial score (nSPS) is 17.5. The van der Waals surface area contributed by atoms with Crippen LogP contribution < -0.4 is 10.6 Å². The van der Waals surface area contributed by atoms with Crippen LogP contribution in [0.5, 0.6) is 0 Å². The van der Waals surface area contributed by atoms with E-state index in [0.717, 1.165) is 26.1 Å². The lowest BCUT2D eigenvalue weighted by molar-refractivity contribution is -0.120. The third kappa shape index (κ3) is 4.62. The molecule has 1 saturated carbocycles. The highest BCUT2D eigenvalue weighted by atomic mass is 16.5. The molecular weight excluding hydrogens is 192 g/mol. The molecule has 2 N–H and O–H groups in total. The molecule has 88 valence electrons. The first-order valence-corrected chi connectivity index (χ1v) is 5.69. The summed E-state index contributed by atoms with van der Waals surface area (Å²) in [5.74, 6) is 0.0977. The summed E-state index contributed by atoms with van der Waals surface area (Å²) >= 11 is 0. The summed E-state index contributed by atoms with van der Waals surface area (Å²) in [6.45, 7) is 4.86. The van der Waals surface area contributed by atoms with Gasteiger partial charge >= 0.3 is 0 Å². The van der Waals surface area contributed by atoms with Gasteiger partial charge in [0.15, 0.2) is 0 Å². The maximum absolute atomic E-state index is 11.3. The molecule has 15 heavy (non-hydrogen) atoms. The van der Waals surface area contributed by atoms with Gasteiger partial charge in [-0.3, -0.25) is 4.79 Å². The highest BCUT2D eigenvalue weighted by Gasteiger charge is 2.41. The molecule has 0 heterocycles. The average molecular weight is 214 g/mol. The van der Waals surface area contributed by atoms with E-state index in [4.69, 9.17) is 4.74 Å². The minimum absolute atomic E-state index is 0.0977. The molecule has 1 aliphatic rings. The molecule has 0 aromatic rings. The molecule has 0 aromatic carbocycles. The summed E-state index contributed by atoms with van der Waals surface area (Å²) < 4.78 is 5.06. The van der Waals surface area contributed by atoms with E-state index in [1.807, 2.05) is 6.92 Å². The maximum Gasteiger partial charge on any atom is 0.233 e. The number of ether oxygens (including phenoxy) is 1. The van der Waals surface area contributed by atoms with Crippen LogP contribution in [0, 0.1) is 5.41 Å². The molecule has 0 saturated heterocycles. The predicted octanol–water partition coefficient (Wildman–Crippen LogP) is 0.529. The van der Waals surface area contributed by atoms with Crippen molar-refractivity contribution in [1.29, 1.82) is 0 Å². The van der Waals surface area contributed by atoms with Gasteiger partial charge in [0.05, 0.1) is 6.54 Å². The second-order valence-electron chi connectivity index (χ2n) is 4.30. The molecule has 1 amide bonds. The number of likely N-dealkylation sites (N-methyl/N-ethyl adjacent to an activating group) is 1. The Hall–Kier alpha value is -0.610. The minimum atomic E-state index is 0.0977. The number of carbonyl (C=O) groups is 1. The molecule has 1 rings (SSSR count). The van der Waals surface area contributed by atoms with E-state index >= 15 is 0 Å². The molecule has 1 fully saturated rings. The van der Waals surface area contributed by atoms with Crippen LogP contribution in [0.2, 0.25) is 0 Å². The van der Waals surface area contributed by atoms with Gasteiger partial charge in [-0.15, -0.1) is 0 Å². The lowest BCUT2D eigenvalue weighted by atomic mass is 10.0. The number of methoxy groups -OCH3 is 1. The Morgan fingerprint density at radius 2 is 2.20 bits per heavy atom. The fourth-order valence-corrected chi connectivity index (χ4v) is 1.60. The van der Waals surface area contributed by atoms with Crippen molar-refractivity contribution in [3.8, 4) is 0 Å². The van der Waals surface area contributed by atoms with Crippen LogP contribution >= 0.6 is 0 Å². The van der Waals surface area contributed by atoms with Crippen molar-refractivity contribution in [2.24, 2.45) is 5.41 Å². The second-order valence-corrected chi connectivity index (χ2v) is 4.30. The summed E-state index contributed by atoms with van der Waals surface area (Å²) in [4.78, 5) is 11.3. The number of amides is 1. The molecule has 4 heteroatoms. The van der Waals surface area contributed by atoms with Gasteiger partial charge < -0.3 is 15.4 Å². The molecule has 0 bridgehead atoms. The Labute approximate surface area is 91.8 Å².